The van der Waals surface area contributed by atoms with Gasteiger partial charge in [-0.1, -0.05) is 6.07 Å². The van der Waals surface area contributed by atoms with Crippen LogP contribution in [0.25, 0.3) is 0 Å². The molecule has 1 saturated heterocycles. The van der Waals surface area contributed by atoms with Gasteiger partial charge in [0, 0.05) is 13.3 Å². The molecule has 1 aromatic heterocycles. The molecule has 2 atom stereocenters. The molecule has 0 bridgehead atoms. The lowest BCUT2D eigenvalue weighted by molar-refractivity contribution is -0.150. The summed E-state index contributed by atoms with van der Waals surface area (Å²) in [6.07, 6.45) is -0.706. The van der Waals surface area contributed by atoms with Crippen molar-refractivity contribution in [2.45, 2.75) is 25.7 Å². The molecule has 4 N–H and O–H groups in total. The number of methoxy groups -OCH3 is 1. The lowest BCUT2D eigenvalue weighted by Crippen LogP contribution is -2.42. The Morgan fingerprint density at radius 3 is 2.69 bits per heavy atom. The number of amidine groups is 1. The number of benzene rings is 1. The van der Waals surface area contributed by atoms with E-state index >= 15 is 0 Å². The number of ether oxygens (including phenoxy) is 3. The zero-order valence-electron chi connectivity index (χ0n) is 19.5. The smallest absolute Gasteiger partial charge is 0.270 e. The summed E-state index contributed by atoms with van der Waals surface area (Å²) in [7, 11) is 1.36. The fourth-order valence-electron chi connectivity index (χ4n) is 3.18. The number of nitrogens with zero attached hydrogens (tertiary/aromatic N) is 5. The molecule has 1 amide bonds. The van der Waals surface area contributed by atoms with Crippen LogP contribution in [0, 0.1) is 12.7 Å². The number of rotatable bonds is 10. The first-order valence-electron chi connectivity index (χ1n) is 10.7. The third kappa shape index (κ3) is 7.15. The average Bonchev–Trinajstić information content (AvgIpc) is 2.87. The van der Waals surface area contributed by atoms with Crippen LogP contribution in [0.4, 0.5) is 4.39 Å². The first-order chi connectivity index (χ1) is 16.8. The molecule has 35 heavy (non-hydrogen) atoms. The monoisotopic (exact) mass is 489 g/mol. The molecule has 1 aromatic carbocycles. The normalized spacial score (nSPS) is 18.1. The molecule has 12 nitrogen and oxygen atoms in total. The summed E-state index contributed by atoms with van der Waals surface area (Å²) >= 11 is 0. The summed E-state index contributed by atoms with van der Waals surface area (Å²) in [4.78, 5) is 21.1. The van der Waals surface area contributed by atoms with E-state index in [1.807, 2.05) is 0 Å². The molecular formula is C22H28FN7O5. The third-order valence-corrected chi connectivity index (χ3v) is 4.99. The fraction of sp³-hybridized carbons (Fsp3) is 0.409. The highest BCUT2D eigenvalue weighted by Gasteiger charge is 2.23. The van der Waals surface area contributed by atoms with Crippen LogP contribution < -0.4 is 15.8 Å². The Balaban J connectivity index is 1.67. The SMILES string of the molecule is C=NN(C[C@@H]1CO[C@H](CO)CO1)/N=C(\N)c1cc(C(=O)NCc2ccc(F)c(OC)c2)nc(C)n1. The van der Waals surface area contributed by atoms with Crippen LogP contribution in [0.2, 0.25) is 0 Å². The van der Waals surface area contributed by atoms with E-state index in [4.69, 9.17) is 25.1 Å². The highest BCUT2D eigenvalue weighted by atomic mass is 19.1. The van der Waals surface area contributed by atoms with Gasteiger partial charge in [0.1, 0.15) is 29.4 Å². The fourth-order valence-corrected chi connectivity index (χ4v) is 3.18. The zero-order valence-corrected chi connectivity index (χ0v) is 19.5. The minimum Gasteiger partial charge on any atom is -0.494 e. The van der Waals surface area contributed by atoms with E-state index in [9.17, 15) is 9.18 Å². The van der Waals surface area contributed by atoms with Crippen molar-refractivity contribution < 1.29 is 28.5 Å². The van der Waals surface area contributed by atoms with Gasteiger partial charge in [-0.25, -0.2) is 14.4 Å². The second-order valence-electron chi connectivity index (χ2n) is 7.61. The lowest BCUT2D eigenvalue weighted by atomic mass is 10.2. The quantitative estimate of drug-likeness (QED) is 0.241. The van der Waals surface area contributed by atoms with Crippen LogP contribution in [0.1, 0.15) is 27.6 Å². The number of aliphatic hydroxyl groups excluding tert-OH is 1. The molecule has 0 spiro atoms. The molecule has 1 fully saturated rings. The molecule has 3 rings (SSSR count). The van der Waals surface area contributed by atoms with Gasteiger partial charge in [0.05, 0.1) is 33.5 Å². The second kappa shape index (κ2) is 12.1. The van der Waals surface area contributed by atoms with Crippen LogP contribution in [0.3, 0.4) is 0 Å². The van der Waals surface area contributed by atoms with Crippen LogP contribution in [0.5, 0.6) is 5.75 Å². The van der Waals surface area contributed by atoms with E-state index in [2.05, 4.69) is 32.2 Å². The van der Waals surface area contributed by atoms with Gasteiger partial charge >= 0.3 is 0 Å². The molecule has 1 aliphatic heterocycles. The number of amides is 1. The number of hydrogen-bond acceptors (Lipinski definition) is 10. The summed E-state index contributed by atoms with van der Waals surface area (Å²) in [6.45, 7) is 5.82. The molecular weight excluding hydrogens is 461 g/mol. The van der Waals surface area contributed by atoms with E-state index in [0.717, 1.165) is 0 Å². The average molecular weight is 490 g/mol. The van der Waals surface area contributed by atoms with Gasteiger partial charge < -0.3 is 30.4 Å². The van der Waals surface area contributed by atoms with Gasteiger partial charge in [0.15, 0.2) is 17.4 Å². The first kappa shape index (κ1) is 25.9. The first-order valence-corrected chi connectivity index (χ1v) is 10.7. The van der Waals surface area contributed by atoms with E-state index in [1.165, 1.54) is 30.4 Å². The zero-order chi connectivity index (χ0) is 25.4. The minimum atomic E-state index is -0.492. The van der Waals surface area contributed by atoms with E-state index in [-0.39, 0.29) is 68.1 Å². The number of aliphatic hydroxyl groups is 1. The van der Waals surface area contributed by atoms with Gasteiger partial charge in [-0.2, -0.15) is 10.2 Å². The van der Waals surface area contributed by atoms with Crippen molar-refractivity contribution >= 4 is 18.5 Å². The number of halogens is 1. The summed E-state index contributed by atoms with van der Waals surface area (Å²) in [5, 5.41) is 21.1. The predicted octanol–water partition coefficient (Wildman–Crippen LogP) is 0.177. The van der Waals surface area contributed by atoms with Crippen molar-refractivity contribution in [2.75, 3.05) is 33.5 Å². The maximum atomic E-state index is 13.6. The number of nitrogens with two attached hydrogens (primary N) is 1. The minimum absolute atomic E-state index is 0.00909. The number of nitrogens with one attached hydrogen (secondary N) is 1. The molecule has 1 aliphatic rings. The maximum absolute atomic E-state index is 13.6. The van der Waals surface area contributed by atoms with Crippen LogP contribution in [0.15, 0.2) is 34.5 Å². The van der Waals surface area contributed by atoms with E-state index in [0.29, 0.717) is 11.4 Å². The van der Waals surface area contributed by atoms with Crippen molar-refractivity contribution in [3.63, 3.8) is 0 Å². The Labute approximate surface area is 201 Å². The van der Waals surface area contributed by atoms with Gasteiger partial charge in [0.2, 0.25) is 0 Å². The van der Waals surface area contributed by atoms with Gasteiger partial charge in [-0.05, 0) is 30.7 Å². The molecule has 0 radical (unpaired) electrons. The Hall–Kier alpha value is -3.68. The molecule has 2 heterocycles. The number of aromatic nitrogens is 2. The van der Waals surface area contributed by atoms with Crippen molar-refractivity contribution in [1.29, 1.82) is 0 Å². The van der Waals surface area contributed by atoms with Crippen molar-refractivity contribution in [1.82, 2.24) is 20.4 Å². The third-order valence-electron chi connectivity index (χ3n) is 4.99. The summed E-state index contributed by atoms with van der Waals surface area (Å²) in [6, 6.07) is 5.71. The number of aryl methyl sites for hydroxylation is 1. The van der Waals surface area contributed by atoms with Crippen LogP contribution >= 0.6 is 0 Å². The van der Waals surface area contributed by atoms with Crippen LogP contribution in [-0.2, 0) is 16.0 Å². The van der Waals surface area contributed by atoms with Crippen molar-refractivity contribution in [3.05, 3.63) is 52.9 Å². The second-order valence-corrected chi connectivity index (χ2v) is 7.61. The summed E-state index contributed by atoms with van der Waals surface area (Å²) in [5.41, 5.74) is 7.07. The molecule has 0 saturated carbocycles. The molecule has 0 unspecified atom stereocenters. The number of carbonyl (C=O) groups is 1. The highest BCUT2D eigenvalue weighted by molar-refractivity contribution is 5.99. The van der Waals surface area contributed by atoms with E-state index < -0.39 is 11.7 Å². The molecule has 188 valence electrons. The molecule has 2 aromatic rings. The lowest BCUT2D eigenvalue weighted by Gasteiger charge is -2.29. The number of carbonyl (C=O) groups excluding carboxylic acids is 1. The van der Waals surface area contributed by atoms with Gasteiger partial charge in [-0.3, -0.25) is 4.79 Å². The van der Waals surface area contributed by atoms with Crippen molar-refractivity contribution in [3.8, 4) is 5.75 Å². The topological polar surface area (TPSA) is 157 Å². The Morgan fingerprint density at radius 1 is 1.31 bits per heavy atom. The number of hydrazone groups is 2. The summed E-state index contributed by atoms with van der Waals surface area (Å²) in [5.74, 6) is -0.581. The Bertz CT molecular complexity index is 1080. The van der Waals surface area contributed by atoms with Gasteiger partial charge in [-0.15, -0.1) is 5.10 Å². The Morgan fingerprint density at radius 2 is 2.03 bits per heavy atom. The maximum Gasteiger partial charge on any atom is 0.270 e. The summed E-state index contributed by atoms with van der Waals surface area (Å²) < 4.78 is 29.6. The number of hydrogen-bond donors (Lipinski definition) is 3. The largest absolute Gasteiger partial charge is 0.494 e. The highest BCUT2D eigenvalue weighted by Crippen LogP contribution is 2.18. The van der Waals surface area contributed by atoms with Crippen molar-refractivity contribution in [2.24, 2.45) is 15.9 Å². The Kier molecular flexibility index (Phi) is 9.00. The molecule has 0 aliphatic carbocycles. The standard InChI is InChI=1S/C22H28FN7O5/c1-13-27-18(21(24)29-30(25-2)9-15-11-35-16(10-31)12-34-15)7-19(28-13)22(32)26-8-14-4-5-17(23)20(6-14)33-3/h4-7,15-16,31H,2,8-12H2,1,3H3,(H2,24,29)(H,26,32)/t15-,16-/m1/s1. The van der Waals surface area contributed by atoms with Crippen LogP contribution in [-0.4, -0.2) is 84.3 Å². The van der Waals surface area contributed by atoms with E-state index in [1.54, 1.807) is 13.0 Å². The van der Waals surface area contributed by atoms with Gasteiger partial charge in [0.25, 0.3) is 5.91 Å². The predicted molar refractivity (Wildman–Crippen MR) is 124 cm³/mol. The molecule has 13 heteroatoms.